The van der Waals surface area contributed by atoms with Crippen molar-refractivity contribution in [2.24, 2.45) is 7.05 Å². The van der Waals surface area contributed by atoms with Crippen LogP contribution in [0.15, 0.2) is 35.1 Å². The molecule has 1 aliphatic heterocycles. The van der Waals surface area contributed by atoms with Crippen molar-refractivity contribution in [1.82, 2.24) is 9.88 Å². The highest BCUT2D eigenvalue weighted by Gasteiger charge is 2.19. The Hall–Kier alpha value is -1.81. The number of nitrogens with zero attached hydrogens (tertiary/aromatic N) is 2. The first-order valence-corrected chi connectivity index (χ1v) is 7.71. The van der Waals surface area contributed by atoms with Crippen LogP contribution < -0.4 is 15.8 Å². The van der Waals surface area contributed by atoms with E-state index >= 15 is 0 Å². The normalized spacial score (nSPS) is 19.4. The summed E-state index contributed by atoms with van der Waals surface area (Å²) in [6, 6.07) is 10.4. The Labute approximate surface area is 125 Å². The summed E-state index contributed by atoms with van der Waals surface area (Å²) in [5.74, 6) is 0. The number of hydrogen-bond acceptors (Lipinski definition) is 3. The summed E-state index contributed by atoms with van der Waals surface area (Å²) in [5.41, 5.74) is 2.11. The zero-order valence-corrected chi connectivity index (χ0v) is 12.8. The van der Waals surface area contributed by atoms with Crippen molar-refractivity contribution >= 4 is 16.6 Å². The van der Waals surface area contributed by atoms with Crippen molar-refractivity contribution in [2.75, 3.05) is 25.0 Å². The van der Waals surface area contributed by atoms with Crippen LogP contribution in [0.1, 0.15) is 19.3 Å². The number of nitrogens with one attached hydrogen (secondary N) is 1. The van der Waals surface area contributed by atoms with Crippen molar-refractivity contribution in [1.29, 1.82) is 0 Å². The molecule has 112 valence electrons. The lowest BCUT2D eigenvalue weighted by molar-refractivity contribution is 0.567. The number of hydrogen-bond donors (Lipinski definition) is 1. The SMILES string of the molecule is CN(c1cc(=O)n(C)c2ccccc12)C1CCCNCC1. The van der Waals surface area contributed by atoms with Crippen LogP contribution in [0.25, 0.3) is 10.9 Å². The van der Waals surface area contributed by atoms with E-state index in [-0.39, 0.29) is 5.56 Å². The molecule has 0 saturated carbocycles. The van der Waals surface area contributed by atoms with Crippen LogP contribution in [0.5, 0.6) is 0 Å². The summed E-state index contributed by atoms with van der Waals surface area (Å²) in [6.45, 7) is 2.15. The summed E-state index contributed by atoms with van der Waals surface area (Å²) in [5, 5.41) is 4.60. The van der Waals surface area contributed by atoms with Crippen LogP contribution in [0.3, 0.4) is 0 Å². The average molecular weight is 285 g/mol. The zero-order chi connectivity index (χ0) is 14.8. The van der Waals surface area contributed by atoms with Gasteiger partial charge in [-0.15, -0.1) is 0 Å². The van der Waals surface area contributed by atoms with Crippen LogP contribution in [-0.2, 0) is 7.05 Å². The molecule has 1 N–H and O–H groups in total. The molecular weight excluding hydrogens is 262 g/mol. The standard InChI is InChI=1S/C17H23N3O/c1-19(13-6-5-10-18-11-9-13)16-12-17(21)20(2)15-8-4-3-7-14(15)16/h3-4,7-8,12-13,18H,5-6,9-11H2,1-2H3. The molecule has 4 heteroatoms. The van der Waals surface area contributed by atoms with E-state index in [1.807, 2.05) is 25.2 Å². The third-order valence-electron chi connectivity index (χ3n) is 4.61. The highest BCUT2D eigenvalue weighted by Crippen LogP contribution is 2.27. The Bertz CT molecular complexity index is 684. The molecule has 1 aliphatic rings. The number of aryl methyl sites for hydroxylation is 1. The third kappa shape index (κ3) is 2.68. The molecule has 0 spiro atoms. The molecule has 1 saturated heterocycles. The maximum absolute atomic E-state index is 12.2. The first-order chi connectivity index (χ1) is 10.2. The molecule has 1 aromatic carbocycles. The summed E-state index contributed by atoms with van der Waals surface area (Å²) in [7, 11) is 3.96. The number of aromatic nitrogens is 1. The van der Waals surface area contributed by atoms with E-state index in [9.17, 15) is 4.79 Å². The van der Waals surface area contributed by atoms with E-state index in [0.717, 1.165) is 36.1 Å². The fourth-order valence-electron chi connectivity index (χ4n) is 3.27. The van der Waals surface area contributed by atoms with Gasteiger partial charge in [-0.1, -0.05) is 18.2 Å². The van der Waals surface area contributed by atoms with Gasteiger partial charge in [0.05, 0.1) is 11.2 Å². The van der Waals surface area contributed by atoms with Gasteiger partial charge in [-0.25, -0.2) is 0 Å². The Morgan fingerprint density at radius 3 is 2.90 bits per heavy atom. The number of para-hydroxylation sites is 1. The highest BCUT2D eigenvalue weighted by atomic mass is 16.1. The number of anilines is 1. The third-order valence-corrected chi connectivity index (χ3v) is 4.61. The van der Waals surface area contributed by atoms with E-state index in [2.05, 4.69) is 23.3 Å². The van der Waals surface area contributed by atoms with Crippen LogP contribution in [0.2, 0.25) is 0 Å². The Morgan fingerprint density at radius 1 is 1.24 bits per heavy atom. The molecule has 0 aliphatic carbocycles. The maximum Gasteiger partial charge on any atom is 0.252 e. The minimum atomic E-state index is 0.0577. The molecule has 2 heterocycles. The maximum atomic E-state index is 12.2. The molecule has 1 atom stereocenters. The first kappa shape index (κ1) is 14.1. The molecular formula is C17H23N3O. The van der Waals surface area contributed by atoms with Crippen LogP contribution in [0, 0.1) is 0 Å². The predicted molar refractivity (Wildman–Crippen MR) is 88.1 cm³/mol. The monoisotopic (exact) mass is 285 g/mol. The van der Waals surface area contributed by atoms with Gasteiger partial charge in [0.1, 0.15) is 0 Å². The van der Waals surface area contributed by atoms with Crippen molar-refractivity contribution in [2.45, 2.75) is 25.3 Å². The van der Waals surface area contributed by atoms with Crippen molar-refractivity contribution in [3.8, 4) is 0 Å². The van der Waals surface area contributed by atoms with Gasteiger partial charge in [-0.05, 0) is 38.4 Å². The summed E-state index contributed by atoms with van der Waals surface area (Å²) in [4.78, 5) is 14.5. The Balaban J connectivity index is 2.07. The molecule has 4 nitrogen and oxygen atoms in total. The van der Waals surface area contributed by atoms with Crippen LogP contribution in [0.4, 0.5) is 5.69 Å². The average Bonchev–Trinajstić information content (AvgIpc) is 2.79. The van der Waals surface area contributed by atoms with Gasteiger partial charge in [0.2, 0.25) is 0 Å². The second kappa shape index (κ2) is 5.90. The highest BCUT2D eigenvalue weighted by molar-refractivity contribution is 5.91. The Kier molecular flexibility index (Phi) is 3.97. The van der Waals surface area contributed by atoms with Gasteiger partial charge in [-0.3, -0.25) is 4.79 Å². The fourth-order valence-corrected chi connectivity index (χ4v) is 3.27. The van der Waals surface area contributed by atoms with Gasteiger partial charge >= 0.3 is 0 Å². The first-order valence-electron chi connectivity index (χ1n) is 7.71. The quantitative estimate of drug-likeness (QED) is 0.918. The molecule has 21 heavy (non-hydrogen) atoms. The van der Waals surface area contributed by atoms with Gasteiger partial charge in [0, 0.05) is 31.6 Å². The van der Waals surface area contributed by atoms with Gasteiger partial charge in [0.15, 0.2) is 0 Å². The van der Waals surface area contributed by atoms with Gasteiger partial charge in [0.25, 0.3) is 5.56 Å². The number of pyridine rings is 1. The lowest BCUT2D eigenvalue weighted by Crippen LogP contribution is -2.33. The molecule has 2 aromatic rings. The predicted octanol–water partition coefficient (Wildman–Crippen LogP) is 2.12. The van der Waals surface area contributed by atoms with E-state index in [1.165, 1.54) is 12.8 Å². The van der Waals surface area contributed by atoms with E-state index in [4.69, 9.17) is 0 Å². The molecule has 3 rings (SSSR count). The van der Waals surface area contributed by atoms with Crippen LogP contribution in [-0.4, -0.2) is 30.7 Å². The summed E-state index contributed by atoms with van der Waals surface area (Å²) >= 11 is 0. The molecule has 1 unspecified atom stereocenters. The topological polar surface area (TPSA) is 37.3 Å². The van der Waals surface area contributed by atoms with Gasteiger partial charge in [-0.2, -0.15) is 0 Å². The second-order valence-electron chi connectivity index (χ2n) is 5.89. The smallest absolute Gasteiger partial charge is 0.252 e. The van der Waals surface area contributed by atoms with E-state index < -0.39 is 0 Å². The Morgan fingerprint density at radius 2 is 2.05 bits per heavy atom. The zero-order valence-electron chi connectivity index (χ0n) is 12.8. The van der Waals surface area contributed by atoms with Crippen molar-refractivity contribution in [3.05, 3.63) is 40.7 Å². The van der Waals surface area contributed by atoms with Crippen molar-refractivity contribution < 1.29 is 0 Å². The minimum absolute atomic E-state index is 0.0577. The molecule has 0 amide bonds. The molecule has 1 fully saturated rings. The fraction of sp³-hybridized carbons (Fsp3) is 0.471. The van der Waals surface area contributed by atoms with Crippen molar-refractivity contribution in [3.63, 3.8) is 0 Å². The summed E-state index contributed by atoms with van der Waals surface area (Å²) in [6.07, 6.45) is 3.49. The number of benzene rings is 1. The second-order valence-corrected chi connectivity index (χ2v) is 5.89. The van der Waals surface area contributed by atoms with Gasteiger partial charge < -0.3 is 14.8 Å². The minimum Gasteiger partial charge on any atom is -0.371 e. The molecule has 0 radical (unpaired) electrons. The lowest BCUT2D eigenvalue weighted by Gasteiger charge is -2.30. The van der Waals surface area contributed by atoms with E-state index in [0.29, 0.717) is 6.04 Å². The molecule has 0 bridgehead atoms. The van der Waals surface area contributed by atoms with Crippen LogP contribution >= 0.6 is 0 Å². The van der Waals surface area contributed by atoms with E-state index in [1.54, 1.807) is 10.6 Å². The lowest BCUT2D eigenvalue weighted by atomic mass is 10.1. The number of fused-ring (bicyclic) bond motifs is 1. The largest absolute Gasteiger partial charge is 0.371 e. The summed E-state index contributed by atoms with van der Waals surface area (Å²) < 4.78 is 1.72. The number of rotatable bonds is 2. The molecule has 1 aromatic heterocycles.